The monoisotopic (exact) mass is 384 g/mol. The van der Waals surface area contributed by atoms with Gasteiger partial charge in [0.05, 0.1) is 4.90 Å². The summed E-state index contributed by atoms with van der Waals surface area (Å²) in [5, 5.41) is 11.5. The first kappa shape index (κ1) is 21.8. The van der Waals surface area contributed by atoms with Crippen molar-refractivity contribution in [1.82, 2.24) is 10.0 Å². The topological polar surface area (TPSA) is 130 Å². The van der Waals surface area contributed by atoms with Crippen molar-refractivity contribution in [3.8, 4) is 0 Å². The minimum Gasteiger partial charge on any atom is -0.480 e. The first-order valence-corrected chi connectivity index (χ1v) is 9.64. The number of Topliss-reactive ketones (excluding diaryl/α,β-unsaturated/α-hetero) is 1. The second-order valence-electron chi connectivity index (χ2n) is 6.32. The van der Waals surface area contributed by atoms with E-state index in [1.54, 1.807) is 0 Å². The van der Waals surface area contributed by atoms with Crippen LogP contribution in [0.2, 0.25) is 0 Å². The molecule has 3 N–H and O–H groups in total. The molecule has 8 nitrogen and oxygen atoms in total. The smallest absolute Gasteiger partial charge is 0.326 e. The Morgan fingerprint density at radius 3 is 2.15 bits per heavy atom. The molecule has 1 aromatic carbocycles. The third kappa shape index (κ3) is 6.93. The SMILES string of the molecule is CC(=O)c1ccc(S(=O)(=O)NCCC(=O)NC(CC(C)C)C(=O)O)cc1. The van der Waals surface area contributed by atoms with Crippen LogP contribution >= 0.6 is 0 Å². The third-order valence-corrected chi connectivity index (χ3v) is 5.03. The molecule has 1 atom stereocenters. The average Bonchev–Trinajstić information content (AvgIpc) is 2.53. The normalized spacial score (nSPS) is 12.6. The van der Waals surface area contributed by atoms with Crippen LogP contribution in [0.4, 0.5) is 0 Å². The van der Waals surface area contributed by atoms with Crippen molar-refractivity contribution in [3.05, 3.63) is 29.8 Å². The molecule has 144 valence electrons. The zero-order valence-corrected chi connectivity index (χ0v) is 15.8. The van der Waals surface area contributed by atoms with E-state index in [0.29, 0.717) is 5.56 Å². The quantitative estimate of drug-likeness (QED) is 0.519. The summed E-state index contributed by atoms with van der Waals surface area (Å²) in [5.74, 6) is -1.76. The summed E-state index contributed by atoms with van der Waals surface area (Å²) in [4.78, 5) is 34.1. The number of carboxylic acids is 1. The van der Waals surface area contributed by atoms with Crippen molar-refractivity contribution in [2.45, 2.75) is 44.6 Å². The van der Waals surface area contributed by atoms with Crippen molar-refractivity contribution in [2.24, 2.45) is 5.92 Å². The van der Waals surface area contributed by atoms with Gasteiger partial charge in [0.15, 0.2) is 5.78 Å². The van der Waals surface area contributed by atoms with E-state index >= 15 is 0 Å². The lowest BCUT2D eigenvalue weighted by atomic mass is 10.0. The molecule has 1 amide bonds. The number of amides is 1. The highest BCUT2D eigenvalue weighted by Gasteiger charge is 2.21. The van der Waals surface area contributed by atoms with E-state index in [2.05, 4.69) is 10.0 Å². The highest BCUT2D eigenvalue weighted by molar-refractivity contribution is 7.89. The van der Waals surface area contributed by atoms with Gasteiger partial charge in [-0.05, 0) is 31.4 Å². The van der Waals surface area contributed by atoms with Crippen LogP contribution < -0.4 is 10.0 Å². The number of hydrogen-bond donors (Lipinski definition) is 3. The van der Waals surface area contributed by atoms with E-state index in [0.717, 1.165) is 0 Å². The van der Waals surface area contributed by atoms with Gasteiger partial charge in [-0.2, -0.15) is 0 Å². The first-order valence-electron chi connectivity index (χ1n) is 8.15. The summed E-state index contributed by atoms with van der Waals surface area (Å²) < 4.78 is 26.6. The number of ketones is 1. The Balaban J connectivity index is 2.58. The average molecular weight is 384 g/mol. The zero-order chi connectivity index (χ0) is 19.9. The number of carbonyl (C=O) groups excluding carboxylic acids is 2. The highest BCUT2D eigenvalue weighted by atomic mass is 32.2. The van der Waals surface area contributed by atoms with Gasteiger partial charge in [-0.25, -0.2) is 17.9 Å². The van der Waals surface area contributed by atoms with Gasteiger partial charge < -0.3 is 10.4 Å². The lowest BCUT2D eigenvalue weighted by Crippen LogP contribution is -2.42. The molecule has 0 saturated heterocycles. The van der Waals surface area contributed by atoms with Crippen LogP contribution in [0.3, 0.4) is 0 Å². The second-order valence-corrected chi connectivity index (χ2v) is 8.08. The van der Waals surface area contributed by atoms with E-state index < -0.39 is 27.9 Å². The number of sulfonamides is 1. The largest absolute Gasteiger partial charge is 0.480 e. The molecule has 0 aromatic heterocycles. The fourth-order valence-electron chi connectivity index (χ4n) is 2.21. The highest BCUT2D eigenvalue weighted by Crippen LogP contribution is 2.11. The maximum Gasteiger partial charge on any atom is 0.326 e. The summed E-state index contributed by atoms with van der Waals surface area (Å²) >= 11 is 0. The van der Waals surface area contributed by atoms with Gasteiger partial charge in [0.25, 0.3) is 0 Å². The van der Waals surface area contributed by atoms with E-state index in [-0.39, 0.29) is 36.0 Å². The summed E-state index contributed by atoms with van der Waals surface area (Å²) in [5.41, 5.74) is 0.396. The molecule has 1 rings (SSSR count). The maximum atomic E-state index is 12.1. The Kier molecular flexibility index (Phi) is 7.91. The zero-order valence-electron chi connectivity index (χ0n) is 15.0. The van der Waals surface area contributed by atoms with Crippen molar-refractivity contribution in [1.29, 1.82) is 0 Å². The number of carboxylic acid groups (broad SMARTS) is 1. The van der Waals surface area contributed by atoms with Gasteiger partial charge >= 0.3 is 5.97 Å². The van der Waals surface area contributed by atoms with Crippen LogP contribution in [0, 0.1) is 5.92 Å². The standard InChI is InChI=1S/C17H24N2O6S/c1-11(2)10-15(17(22)23)19-16(21)8-9-18-26(24,25)14-6-4-13(5-7-14)12(3)20/h4-7,11,15,18H,8-10H2,1-3H3,(H,19,21)(H,22,23). The number of rotatable bonds is 10. The predicted octanol–water partition coefficient (Wildman–Crippen LogP) is 1.17. The van der Waals surface area contributed by atoms with Gasteiger partial charge in [0.2, 0.25) is 15.9 Å². The summed E-state index contributed by atoms with van der Waals surface area (Å²) in [7, 11) is -3.82. The molecule has 1 aromatic rings. The summed E-state index contributed by atoms with van der Waals surface area (Å²) in [6.45, 7) is 4.89. The molecule has 0 radical (unpaired) electrons. The molecule has 0 aliphatic rings. The van der Waals surface area contributed by atoms with Gasteiger partial charge in [-0.1, -0.05) is 26.0 Å². The Labute approximate surface area is 153 Å². The lowest BCUT2D eigenvalue weighted by molar-refractivity contribution is -0.142. The van der Waals surface area contributed by atoms with Crippen LogP contribution in [0.1, 0.15) is 44.0 Å². The molecule has 0 fully saturated rings. The first-order chi connectivity index (χ1) is 12.0. The Morgan fingerprint density at radius 2 is 1.69 bits per heavy atom. The summed E-state index contributed by atoms with van der Waals surface area (Å²) in [6.07, 6.45) is 0.0991. The van der Waals surface area contributed by atoms with E-state index in [4.69, 9.17) is 5.11 Å². The molecule has 9 heteroatoms. The minimum atomic E-state index is -3.82. The fourth-order valence-corrected chi connectivity index (χ4v) is 3.24. The van der Waals surface area contributed by atoms with Crippen molar-refractivity contribution >= 4 is 27.7 Å². The Hall–Kier alpha value is -2.26. The van der Waals surface area contributed by atoms with Crippen LogP contribution in [0.25, 0.3) is 0 Å². The molecular formula is C17H24N2O6S. The molecule has 0 bridgehead atoms. The van der Waals surface area contributed by atoms with Gasteiger partial charge in [0.1, 0.15) is 6.04 Å². The van der Waals surface area contributed by atoms with Crippen molar-refractivity contribution in [3.63, 3.8) is 0 Å². The Bertz CT molecular complexity index is 756. The maximum absolute atomic E-state index is 12.1. The molecule has 26 heavy (non-hydrogen) atoms. The molecule has 0 spiro atoms. The summed E-state index contributed by atoms with van der Waals surface area (Å²) in [6, 6.07) is 4.43. The minimum absolute atomic E-state index is 0.0221. The Morgan fingerprint density at radius 1 is 1.12 bits per heavy atom. The molecule has 0 saturated carbocycles. The van der Waals surface area contributed by atoms with Gasteiger partial charge in [-0.3, -0.25) is 9.59 Å². The fraction of sp³-hybridized carbons (Fsp3) is 0.471. The van der Waals surface area contributed by atoms with Gasteiger partial charge in [-0.15, -0.1) is 0 Å². The molecule has 0 aliphatic heterocycles. The van der Waals surface area contributed by atoms with Crippen LogP contribution in [0.15, 0.2) is 29.2 Å². The van der Waals surface area contributed by atoms with Crippen molar-refractivity contribution < 1.29 is 27.9 Å². The number of benzene rings is 1. The van der Waals surface area contributed by atoms with Gasteiger partial charge in [0, 0.05) is 18.5 Å². The molecule has 1 unspecified atom stereocenters. The molecule has 0 aliphatic carbocycles. The van der Waals surface area contributed by atoms with E-state index in [1.165, 1.54) is 31.2 Å². The van der Waals surface area contributed by atoms with Crippen LogP contribution in [-0.2, 0) is 19.6 Å². The second kappa shape index (κ2) is 9.44. The predicted molar refractivity (Wildman–Crippen MR) is 95.3 cm³/mol. The number of carbonyl (C=O) groups is 3. The van der Waals surface area contributed by atoms with Crippen LogP contribution in [0.5, 0.6) is 0 Å². The number of nitrogens with one attached hydrogen (secondary N) is 2. The van der Waals surface area contributed by atoms with Crippen molar-refractivity contribution in [2.75, 3.05) is 6.54 Å². The number of aliphatic carboxylic acids is 1. The lowest BCUT2D eigenvalue weighted by Gasteiger charge is -2.16. The molecule has 0 heterocycles. The number of hydrogen-bond acceptors (Lipinski definition) is 5. The third-order valence-electron chi connectivity index (χ3n) is 3.56. The molecular weight excluding hydrogens is 360 g/mol. The van der Waals surface area contributed by atoms with Crippen LogP contribution in [-0.4, -0.2) is 43.8 Å². The van der Waals surface area contributed by atoms with E-state index in [9.17, 15) is 22.8 Å². The van der Waals surface area contributed by atoms with E-state index in [1.807, 2.05) is 13.8 Å².